The van der Waals surface area contributed by atoms with Crippen molar-refractivity contribution < 1.29 is 9.32 Å². The average Bonchev–Trinajstić information content (AvgIpc) is 3.13. The number of rotatable bonds is 3. The molecular formula is C18H20N4O2S. The van der Waals surface area contributed by atoms with Crippen molar-refractivity contribution in [2.75, 3.05) is 5.32 Å². The largest absolute Gasteiger partial charge is 0.333 e. The van der Waals surface area contributed by atoms with E-state index in [0.717, 1.165) is 21.7 Å². The summed E-state index contributed by atoms with van der Waals surface area (Å²) in [5.41, 5.74) is 2.29. The van der Waals surface area contributed by atoms with Gasteiger partial charge in [-0.2, -0.15) is 4.98 Å². The number of carbonyl (C=O) groups is 1. The van der Waals surface area contributed by atoms with E-state index in [1.54, 1.807) is 0 Å². The number of hydrogen-bond donors (Lipinski definition) is 1. The minimum atomic E-state index is -0.484. The van der Waals surface area contributed by atoms with Crippen LogP contribution in [-0.2, 0) is 4.79 Å². The van der Waals surface area contributed by atoms with Crippen LogP contribution in [0.3, 0.4) is 0 Å². The number of nitrogens with zero attached hydrogens (tertiary/aromatic N) is 3. The van der Waals surface area contributed by atoms with Crippen molar-refractivity contribution in [3.63, 3.8) is 0 Å². The third kappa shape index (κ3) is 3.76. The molecule has 0 fully saturated rings. The molecule has 1 aromatic carbocycles. The summed E-state index contributed by atoms with van der Waals surface area (Å²) in [6, 6.07) is 7.92. The van der Waals surface area contributed by atoms with Gasteiger partial charge in [-0.15, -0.1) is 0 Å². The molecule has 0 saturated carbocycles. The normalized spacial score (nSPS) is 11.6. The minimum Gasteiger partial charge on any atom is -0.333 e. The number of hydrogen-bond acceptors (Lipinski definition) is 6. The second-order valence-corrected chi connectivity index (χ2v) is 7.93. The fraction of sp³-hybridized carbons (Fsp3) is 0.333. The Morgan fingerprint density at radius 3 is 2.64 bits per heavy atom. The smallest absolute Gasteiger partial charge is 0.270 e. The van der Waals surface area contributed by atoms with Gasteiger partial charge in [0.1, 0.15) is 4.88 Å². The van der Waals surface area contributed by atoms with Crippen molar-refractivity contribution in [3.05, 3.63) is 35.5 Å². The van der Waals surface area contributed by atoms with Crippen molar-refractivity contribution in [2.45, 2.75) is 34.6 Å². The number of amides is 1. The Hall–Kier alpha value is -2.54. The third-order valence-corrected chi connectivity index (χ3v) is 4.66. The van der Waals surface area contributed by atoms with Gasteiger partial charge in [0, 0.05) is 11.0 Å². The zero-order valence-corrected chi connectivity index (χ0v) is 15.7. The monoisotopic (exact) mass is 356 g/mol. The zero-order valence-electron chi connectivity index (χ0n) is 14.9. The van der Waals surface area contributed by atoms with Crippen LogP contribution in [0.1, 0.15) is 32.0 Å². The molecule has 2 aromatic heterocycles. The number of aromatic nitrogens is 3. The van der Waals surface area contributed by atoms with E-state index < -0.39 is 5.41 Å². The Balaban J connectivity index is 1.87. The number of nitrogens with one attached hydrogen (secondary N) is 1. The molecule has 6 nitrogen and oxygen atoms in total. The van der Waals surface area contributed by atoms with E-state index in [0.29, 0.717) is 16.8 Å². The second kappa shape index (κ2) is 6.40. The first-order chi connectivity index (χ1) is 11.7. The number of thiazole rings is 1. The molecule has 0 unspecified atom stereocenters. The molecule has 0 aliphatic carbocycles. The van der Waals surface area contributed by atoms with Crippen molar-refractivity contribution >= 4 is 22.4 Å². The summed E-state index contributed by atoms with van der Waals surface area (Å²) in [6.07, 6.45) is 0. The Morgan fingerprint density at radius 2 is 1.96 bits per heavy atom. The molecule has 0 radical (unpaired) electrons. The van der Waals surface area contributed by atoms with Crippen molar-refractivity contribution in [3.8, 4) is 22.2 Å². The summed E-state index contributed by atoms with van der Waals surface area (Å²) in [5.74, 6) is 0.855. The SMILES string of the molecule is Cc1cccc(-c2noc(-c3sc(NC(=O)C(C)(C)C)nc3C)n2)c1. The van der Waals surface area contributed by atoms with Gasteiger partial charge in [-0.1, -0.05) is 61.0 Å². The molecule has 0 bridgehead atoms. The van der Waals surface area contributed by atoms with Crippen molar-refractivity contribution in [2.24, 2.45) is 5.41 Å². The number of aryl methyl sites for hydroxylation is 2. The van der Waals surface area contributed by atoms with Gasteiger partial charge < -0.3 is 9.84 Å². The lowest BCUT2D eigenvalue weighted by molar-refractivity contribution is -0.123. The highest BCUT2D eigenvalue weighted by Gasteiger charge is 2.24. The quantitative estimate of drug-likeness (QED) is 0.749. The van der Waals surface area contributed by atoms with Crippen molar-refractivity contribution in [1.29, 1.82) is 0 Å². The topological polar surface area (TPSA) is 80.9 Å². The number of anilines is 1. The van der Waals surface area contributed by atoms with Crippen LogP contribution in [0, 0.1) is 19.3 Å². The summed E-state index contributed by atoms with van der Waals surface area (Å²) >= 11 is 1.33. The first-order valence-electron chi connectivity index (χ1n) is 7.94. The molecule has 130 valence electrons. The zero-order chi connectivity index (χ0) is 18.2. The molecule has 7 heteroatoms. The molecule has 0 saturated heterocycles. The standard InChI is InChI=1S/C18H20N4O2S/c1-10-7-6-8-12(9-10)14-20-15(24-22-14)13-11(2)19-17(25-13)21-16(23)18(3,4)5/h6-9H,1-5H3,(H,19,21,23). The first-order valence-corrected chi connectivity index (χ1v) is 8.75. The Labute approximate surface area is 150 Å². The van der Waals surface area contributed by atoms with Crippen LogP contribution in [-0.4, -0.2) is 21.0 Å². The first kappa shape index (κ1) is 17.3. The van der Waals surface area contributed by atoms with Crippen LogP contribution >= 0.6 is 11.3 Å². The fourth-order valence-electron chi connectivity index (χ4n) is 2.15. The highest BCUT2D eigenvalue weighted by Crippen LogP contribution is 2.33. The Morgan fingerprint density at radius 1 is 1.20 bits per heavy atom. The van der Waals surface area contributed by atoms with Crippen LogP contribution in [0.4, 0.5) is 5.13 Å². The molecule has 3 aromatic rings. The number of benzene rings is 1. The molecule has 0 spiro atoms. The minimum absolute atomic E-state index is 0.0845. The molecule has 1 amide bonds. The van der Waals surface area contributed by atoms with E-state index in [1.165, 1.54) is 11.3 Å². The Kier molecular flexibility index (Phi) is 4.43. The van der Waals surface area contributed by atoms with Gasteiger partial charge in [0.15, 0.2) is 5.13 Å². The lowest BCUT2D eigenvalue weighted by atomic mass is 9.96. The predicted molar refractivity (Wildman–Crippen MR) is 98.4 cm³/mol. The lowest BCUT2D eigenvalue weighted by Gasteiger charge is -2.15. The van der Waals surface area contributed by atoms with E-state index in [4.69, 9.17) is 4.52 Å². The maximum Gasteiger partial charge on any atom is 0.270 e. The highest BCUT2D eigenvalue weighted by molar-refractivity contribution is 7.19. The predicted octanol–water partition coefficient (Wildman–Crippen LogP) is 4.46. The van der Waals surface area contributed by atoms with Gasteiger partial charge in [0.25, 0.3) is 5.89 Å². The van der Waals surface area contributed by atoms with Gasteiger partial charge in [-0.05, 0) is 19.9 Å². The molecule has 3 rings (SSSR count). The summed E-state index contributed by atoms with van der Waals surface area (Å²) < 4.78 is 5.41. The fourth-order valence-corrected chi connectivity index (χ4v) is 3.03. The average molecular weight is 356 g/mol. The lowest BCUT2D eigenvalue weighted by Crippen LogP contribution is -2.27. The molecule has 1 N–H and O–H groups in total. The second-order valence-electron chi connectivity index (χ2n) is 6.93. The summed E-state index contributed by atoms with van der Waals surface area (Å²) in [4.78, 5) is 21.7. The summed E-state index contributed by atoms with van der Waals surface area (Å²) in [6.45, 7) is 9.44. The molecule has 0 atom stereocenters. The highest BCUT2D eigenvalue weighted by atomic mass is 32.1. The summed E-state index contributed by atoms with van der Waals surface area (Å²) in [5, 5.41) is 7.43. The Bertz CT molecular complexity index is 921. The van der Waals surface area contributed by atoms with Crippen LogP contribution < -0.4 is 5.32 Å². The number of carbonyl (C=O) groups excluding carboxylic acids is 1. The maximum absolute atomic E-state index is 12.1. The van der Waals surface area contributed by atoms with Gasteiger partial charge in [-0.3, -0.25) is 4.79 Å². The van der Waals surface area contributed by atoms with Crippen LogP contribution in [0.5, 0.6) is 0 Å². The molecule has 0 aliphatic rings. The van der Waals surface area contributed by atoms with Crippen LogP contribution in [0.2, 0.25) is 0 Å². The van der Waals surface area contributed by atoms with Crippen LogP contribution in [0.15, 0.2) is 28.8 Å². The molecule has 0 aliphatic heterocycles. The van der Waals surface area contributed by atoms with E-state index in [1.807, 2.05) is 58.9 Å². The van der Waals surface area contributed by atoms with E-state index in [9.17, 15) is 4.79 Å². The van der Waals surface area contributed by atoms with E-state index in [2.05, 4.69) is 20.4 Å². The van der Waals surface area contributed by atoms with Crippen LogP contribution in [0.25, 0.3) is 22.2 Å². The summed E-state index contributed by atoms with van der Waals surface area (Å²) in [7, 11) is 0. The van der Waals surface area contributed by atoms with Crippen molar-refractivity contribution in [1.82, 2.24) is 15.1 Å². The maximum atomic E-state index is 12.1. The van der Waals surface area contributed by atoms with Gasteiger partial charge in [-0.25, -0.2) is 4.98 Å². The molecule has 25 heavy (non-hydrogen) atoms. The van der Waals surface area contributed by atoms with Gasteiger partial charge in [0.2, 0.25) is 11.7 Å². The van der Waals surface area contributed by atoms with Gasteiger partial charge >= 0.3 is 0 Å². The van der Waals surface area contributed by atoms with Gasteiger partial charge in [0.05, 0.1) is 5.69 Å². The van der Waals surface area contributed by atoms with E-state index >= 15 is 0 Å². The van der Waals surface area contributed by atoms with E-state index in [-0.39, 0.29) is 5.91 Å². The molecule has 2 heterocycles. The molecular weight excluding hydrogens is 336 g/mol. The third-order valence-electron chi connectivity index (χ3n) is 3.59.